The minimum Gasteiger partial charge on any atom is -0.283 e. The van der Waals surface area contributed by atoms with Crippen LogP contribution in [0.2, 0.25) is 0 Å². The summed E-state index contributed by atoms with van der Waals surface area (Å²) in [5.74, 6) is 0. The molecule has 0 amide bonds. The fourth-order valence-electron chi connectivity index (χ4n) is 0.314. The molecule has 0 aromatic rings. The van der Waals surface area contributed by atoms with Gasteiger partial charge in [-0.15, -0.1) is 8.39 Å². The minimum atomic E-state index is -5.82. The van der Waals surface area contributed by atoms with Crippen molar-refractivity contribution in [2.45, 2.75) is 19.3 Å². The molecule has 66 valence electrons. The Hall–Kier alpha value is -0.0251. The molecule has 0 spiro atoms. The van der Waals surface area contributed by atoms with Gasteiger partial charge in [-0.05, 0) is 13.8 Å². The Morgan fingerprint density at radius 1 is 1.36 bits per heavy atom. The second-order valence-electron chi connectivity index (χ2n) is 2.41. The Labute approximate surface area is 61.8 Å². The zero-order chi connectivity index (χ0) is 9.28. The summed E-state index contributed by atoms with van der Waals surface area (Å²) in [5, 5.41) is 0. The summed E-state index contributed by atoms with van der Waals surface area (Å²) in [7, 11) is -8.92. The molecule has 0 rings (SSSR count). The summed E-state index contributed by atoms with van der Waals surface area (Å²) in [6.45, 7) is 1.48. The molecule has 0 aromatic carbocycles. The van der Waals surface area contributed by atoms with E-state index in [0.717, 1.165) is 13.8 Å². The van der Waals surface area contributed by atoms with Crippen molar-refractivity contribution in [3.63, 3.8) is 0 Å². The molecule has 8 heteroatoms. The van der Waals surface area contributed by atoms with Crippen LogP contribution in [0.15, 0.2) is 0 Å². The largest absolute Gasteiger partial charge is 0.569 e. The summed E-state index contributed by atoms with van der Waals surface area (Å²) in [5.41, 5.74) is -2.36. The van der Waals surface area contributed by atoms with Gasteiger partial charge in [-0.3, -0.25) is 13.2 Å². The lowest BCUT2D eigenvalue weighted by Gasteiger charge is -2.19. The van der Waals surface area contributed by atoms with Gasteiger partial charge < -0.3 is 0 Å². The summed E-state index contributed by atoms with van der Waals surface area (Å²) < 4.78 is 59.7. The average molecular weight is 192 g/mol. The van der Waals surface area contributed by atoms with Crippen molar-refractivity contribution in [1.29, 1.82) is 0 Å². The Balaban J connectivity index is 4.25. The van der Waals surface area contributed by atoms with Crippen molar-refractivity contribution in [3.8, 4) is 0 Å². The fourth-order valence-corrected chi connectivity index (χ4v) is 0.941. The standard InChI is InChI=1S/C3H6BF4O2P/c1-3(2,4(5)6)10-11(7,8)9/h1-2H3. The van der Waals surface area contributed by atoms with Gasteiger partial charge in [0.05, 0.1) is 0 Å². The number of hydrogen-bond donors (Lipinski definition) is 0. The first-order valence-electron chi connectivity index (χ1n) is 2.63. The van der Waals surface area contributed by atoms with Crippen LogP contribution in [0.3, 0.4) is 0 Å². The first-order chi connectivity index (χ1) is 4.65. The quantitative estimate of drug-likeness (QED) is 0.390. The highest BCUT2D eigenvalue weighted by Crippen LogP contribution is 2.53. The molecule has 0 N–H and O–H groups in total. The van der Waals surface area contributed by atoms with E-state index in [1.165, 1.54) is 0 Å². The van der Waals surface area contributed by atoms with Crippen LogP contribution in [0.4, 0.5) is 17.0 Å². The lowest BCUT2D eigenvalue weighted by Crippen LogP contribution is -2.35. The Kier molecular flexibility index (Phi) is 3.14. The van der Waals surface area contributed by atoms with E-state index in [-0.39, 0.29) is 0 Å². The van der Waals surface area contributed by atoms with Crippen molar-refractivity contribution in [2.75, 3.05) is 0 Å². The fraction of sp³-hybridized carbons (Fsp3) is 1.00. The van der Waals surface area contributed by atoms with Crippen molar-refractivity contribution >= 4 is 15.3 Å². The van der Waals surface area contributed by atoms with E-state index in [2.05, 4.69) is 4.52 Å². The molecular weight excluding hydrogens is 186 g/mol. The molecule has 11 heavy (non-hydrogen) atoms. The highest BCUT2D eigenvalue weighted by Gasteiger charge is 2.44. The zero-order valence-corrected chi connectivity index (χ0v) is 6.75. The summed E-state index contributed by atoms with van der Waals surface area (Å²) in [6.07, 6.45) is 0. The minimum absolute atomic E-state index is 0.740. The van der Waals surface area contributed by atoms with Crippen molar-refractivity contribution < 1.29 is 26.1 Å². The number of halogens is 4. The highest BCUT2D eigenvalue weighted by molar-refractivity contribution is 7.47. The van der Waals surface area contributed by atoms with E-state index in [1.807, 2.05) is 0 Å². The highest BCUT2D eigenvalue weighted by atomic mass is 31.2. The summed E-state index contributed by atoms with van der Waals surface area (Å²) in [6, 6.07) is 0. The summed E-state index contributed by atoms with van der Waals surface area (Å²) in [4.78, 5) is 0. The van der Waals surface area contributed by atoms with Gasteiger partial charge in [0.1, 0.15) is 5.50 Å². The van der Waals surface area contributed by atoms with Crippen molar-refractivity contribution in [1.82, 2.24) is 0 Å². The lowest BCUT2D eigenvalue weighted by molar-refractivity contribution is 0.141. The van der Waals surface area contributed by atoms with Gasteiger partial charge in [0.15, 0.2) is 0 Å². The number of hydrogen-bond acceptors (Lipinski definition) is 2. The molecule has 0 radical (unpaired) electrons. The maximum absolute atomic E-state index is 11.8. The molecule has 0 aliphatic rings. The predicted molar refractivity (Wildman–Crippen MR) is 33.0 cm³/mol. The molecule has 0 aromatic heterocycles. The van der Waals surface area contributed by atoms with Gasteiger partial charge in [0, 0.05) is 0 Å². The molecule has 0 aliphatic heterocycles. The molecule has 0 unspecified atom stereocenters. The topological polar surface area (TPSA) is 26.3 Å². The van der Waals surface area contributed by atoms with E-state index in [0.29, 0.717) is 0 Å². The normalized spacial score (nSPS) is 13.3. The van der Waals surface area contributed by atoms with Crippen molar-refractivity contribution in [3.05, 3.63) is 0 Å². The van der Waals surface area contributed by atoms with Crippen LogP contribution in [0, 0.1) is 0 Å². The van der Waals surface area contributed by atoms with Gasteiger partial charge in [-0.25, -0.2) is 4.57 Å². The maximum Gasteiger partial charge on any atom is 0.569 e. The second-order valence-corrected chi connectivity index (χ2v) is 3.42. The van der Waals surface area contributed by atoms with Crippen LogP contribution >= 0.6 is 7.99 Å². The van der Waals surface area contributed by atoms with E-state index in [1.54, 1.807) is 0 Å². The first-order valence-corrected chi connectivity index (χ1v) is 4.04. The SMILES string of the molecule is CC(C)(OP(=O)(F)F)B(F)F. The van der Waals surface area contributed by atoms with Gasteiger partial charge in [0.25, 0.3) is 0 Å². The van der Waals surface area contributed by atoms with Crippen LogP contribution in [-0.2, 0) is 9.09 Å². The van der Waals surface area contributed by atoms with Gasteiger partial charge >= 0.3 is 15.3 Å². The molecular formula is C3H6BF4O2P. The Morgan fingerprint density at radius 2 is 1.73 bits per heavy atom. The zero-order valence-electron chi connectivity index (χ0n) is 5.85. The Bertz CT molecular complexity index is 178. The number of rotatable bonds is 3. The van der Waals surface area contributed by atoms with Crippen LogP contribution in [-0.4, -0.2) is 12.8 Å². The maximum atomic E-state index is 11.8. The van der Waals surface area contributed by atoms with Crippen molar-refractivity contribution in [2.24, 2.45) is 0 Å². The monoisotopic (exact) mass is 192 g/mol. The predicted octanol–water partition coefficient (Wildman–Crippen LogP) is 2.80. The first kappa shape index (κ1) is 11.0. The molecule has 0 heterocycles. The third kappa shape index (κ3) is 4.42. The van der Waals surface area contributed by atoms with Gasteiger partial charge in [-0.1, -0.05) is 0 Å². The Morgan fingerprint density at radius 3 is 1.82 bits per heavy atom. The molecule has 0 saturated carbocycles. The molecule has 0 atom stereocenters. The second kappa shape index (κ2) is 3.15. The third-order valence-corrected chi connectivity index (χ3v) is 1.55. The van der Waals surface area contributed by atoms with E-state index >= 15 is 0 Å². The lowest BCUT2D eigenvalue weighted by atomic mass is 9.76. The van der Waals surface area contributed by atoms with Crippen LogP contribution in [0.1, 0.15) is 13.8 Å². The third-order valence-electron chi connectivity index (χ3n) is 0.867. The van der Waals surface area contributed by atoms with E-state index in [9.17, 15) is 21.6 Å². The molecule has 0 bridgehead atoms. The molecule has 0 saturated heterocycles. The smallest absolute Gasteiger partial charge is 0.283 e. The van der Waals surface area contributed by atoms with Gasteiger partial charge in [0.2, 0.25) is 0 Å². The van der Waals surface area contributed by atoms with Gasteiger partial charge in [-0.2, -0.15) is 0 Å². The van der Waals surface area contributed by atoms with Crippen LogP contribution < -0.4 is 0 Å². The van der Waals surface area contributed by atoms with E-state index < -0.39 is 20.8 Å². The molecule has 0 fully saturated rings. The average Bonchev–Trinajstić information content (AvgIpc) is 1.56. The summed E-state index contributed by atoms with van der Waals surface area (Å²) >= 11 is 0. The molecule has 0 aliphatic carbocycles. The van der Waals surface area contributed by atoms with Crippen LogP contribution in [0.5, 0.6) is 0 Å². The van der Waals surface area contributed by atoms with E-state index in [4.69, 9.17) is 0 Å². The molecule has 2 nitrogen and oxygen atoms in total. The van der Waals surface area contributed by atoms with Crippen LogP contribution in [0.25, 0.3) is 0 Å².